The van der Waals surface area contributed by atoms with Gasteiger partial charge in [0.25, 0.3) is 0 Å². The van der Waals surface area contributed by atoms with Crippen molar-refractivity contribution in [3.8, 4) is 0 Å². The first kappa shape index (κ1) is 23.7. The molecular formula is C10H15Ac3NO4. The molecule has 1 saturated heterocycles. The van der Waals surface area contributed by atoms with E-state index < -0.39 is 24.4 Å². The Hall–Kier alpha value is 3.44. The molecule has 0 aromatic carbocycles. The Balaban J connectivity index is 0. The fourth-order valence-electron chi connectivity index (χ4n) is 2.04. The fourth-order valence-corrected chi connectivity index (χ4v) is 2.04. The fraction of sp³-hybridized carbons (Fsp3) is 0.600. The molecule has 1 aliphatic rings. The van der Waals surface area contributed by atoms with Gasteiger partial charge in [-0.15, -0.1) is 0 Å². The largest absolute Gasteiger partial charge is 0.468 e. The van der Waals surface area contributed by atoms with E-state index in [2.05, 4.69) is 0 Å². The molecule has 0 saturated carbocycles. The molecule has 8 heteroatoms. The monoisotopic (exact) mass is 894 g/mol. The van der Waals surface area contributed by atoms with E-state index in [0.29, 0.717) is 12.3 Å². The molecule has 1 aliphatic heterocycles. The van der Waals surface area contributed by atoms with Gasteiger partial charge in [0.2, 0.25) is 0 Å². The van der Waals surface area contributed by atoms with Crippen LogP contribution in [0.25, 0.3) is 0 Å². The van der Waals surface area contributed by atoms with Crippen LogP contribution in [0.15, 0.2) is 22.8 Å². The number of likely N-dealkylation sites (tertiary alicyclic amines) is 1. The van der Waals surface area contributed by atoms with Crippen LogP contribution in [-0.2, 0) is 0 Å². The third-order valence-electron chi connectivity index (χ3n) is 2.85. The van der Waals surface area contributed by atoms with E-state index in [1.54, 1.807) is 24.1 Å². The zero-order chi connectivity index (χ0) is 11.0. The van der Waals surface area contributed by atoms with Crippen molar-refractivity contribution in [3.05, 3.63) is 24.2 Å². The predicted octanol–water partition coefficient (Wildman–Crippen LogP) is -0.651. The average molecular weight is 894 g/mol. The van der Waals surface area contributed by atoms with Gasteiger partial charge in [-0.1, -0.05) is 0 Å². The van der Waals surface area contributed by atoms with Gasteiger partial charge >= 0.3 is 0 Å². The molecule has 5 nitrogen and oxygen atoms in total. The van der Waals surface area contributed by atoms with Crippen LogP contribution in [0.3, 0.4) is 0 Å². The number of piperidine rings is 1. The van der Waals surface area contributed by atoms with Gasteiger partial charge in [-0.3, -0.25) is 4.90 Å². The van der Waals surface area contributed by atoms with Crippen molar-refractivity contribution in [3.63, 3.8) is 0 Å². The summed E-state index contributed by atoms with van der Waals surface area (Å²) in [4.78, 5) is 1.76. The topological polar surface area (TPSA) is 77.1 Å². The van der Waals surface area contributed by atoms with Crippen LogP contribution in [0.4, 0.5) is 0 Å². The minimum atomic E-state index is -1.13. The Bertz CT molecular complexity index is 325. The Labute approximate surface area is 214 Å². The second-order valence-corrected chi connectivity index (χ2v) is 3.95. The van der Waals surface area contributed by atoms with Crippen molar-refractivity contribution < 1.29 is 152 Å². The van der Waals surface area contributed by atoms with Crippen molar-refractivity contribution in [2.75, 3.05) is 13.6 Å². The van der Waals surface area contributed by atoms with Gasteiger partial charge in [-0.2, -0.15) is 0 Å². The maximum atomic E-state index is 9.84. The van der Waals surface area contributed by atoms with E-state index in [1.165, 1.54) is 6.26 Å². The van der Waals surface area contributed by atoms with Crippen LogP contribution in [0.2, 0.25) is 0 Å². The van der Waals surface area contributed by atoms with Crippen LogP contribution in [0.1, 0.15) is 11.8 Å². The third-order valence-corrected chi connectivity index (χ3v) is 2.85. The molecule has 1 aromatic heterocycles. The average Bonchev–Trinajstić information content (AvgIpc) is 2.68. The van der Waals surface area contributed by atoms with Crippen molar-refractivity contribution in [1.29, 1.82) is 0 Å². The van der Waals surface area contributed by atoms with Crippen molar-refractivity contribution in [2.24, 2.45) is 0 Å². The minimum Gasteiger partial charge on any atom is -0.468 e. The molecule has 0 unspecified atom stereocenters. The molecule has 3 N–H and O–H groups in total. The number of likely N-dealkylation sites (N-methyl/N-ethyl adjacent to an activating group) is 1. The van der Waals surface area contributed by atoms with Crippen molar-refractivity contribution >= 4 is 0 Å². The molecular weight excluding hydrogens is 879 g/mol. The first-order valence-electron chi connectivity index (χ1n) is 4.89. The first-order chi connectivity index (χ1) is 7.11. The number of hydrogen-bond donors (Lipinski definition) is 3. The number of aliphatic hydroxyl groups is 3. The smallest absolute Gasteiger partial charge is 0.123 e. The number of rotatable bonds is 1. The standard InChI is InChI=1S/C10H15NO4.3Ac/c1-11-5-6(12)9(13)10(14)8(11)7-3-2-4-15-7;;;/h2-4,6,8-10,12-14H,5H2,1H3;;;/t6-,8-,9+,10+;;;/m1.../s1. The van der Waals surface area contributed by atoms with Gasteiger partial charge in [0.05, 0.1) is 18.4 Å². The predicted molar refractivity (Wildman–Crippen MR) is 52.1 cm³/mol. The summed E-state index contributed by atoms with van der Waals surface area (Å²) < 4.78 is 5.20. The van der Waals surface area contributed by atoms with Gasteiger partial charge in [0, 0.05) is 139 Å². The Morgan fingerprint density at radius 3 is 2.28 bits per heavy atom. The first-order valence-corrected chi connectivity index (χ1v) is 4.89. The van der Waals surface area contributed by atoms with Gasteiger partial charge in [0.15, 0.2) is 0 Å². The molecule has 0 amide bonds. The molecule has 18 heavy (non-hydrogen) atoms. The summed E-state index contributed by atoms with van der Waals surface area (Å²) in [5.74, 6) is 0.593. The van der Waals surface area contributed by atoms with E-state index in [9.17, 15) is 15.3 Å². The SMILES string of the molecule is CN1C[C@@H](O)[C@H](O)[C@@H](O)[C@H]1c1ccco1.[Ac].[Ac].[Ac]. The van der Waals surface area contributed by atoms with Crippen LogP contribution < -0.4 is 0 Å². The number of nitrogens with zero attached hydrogens (tertiary/aromatic N) is 1. The third kappa shape index (κ3) is 5.58. The molecule has 0 bridgehead atoms. The Morgan fingerprint density at radius 2 is 1.78 bits per heavy atom. The van der Waals surface area contributed by atoms with Gasteiger partial charge in [0.1, 0.15) is 18.0 Å². The zero-order valence-corrected chi connectivity index (χ0v) is 24.4. The molecule has 0 aliphatic carbocycles. The second kappa shape index (κ2) is 11.1. The molecule has 93 valence electrons. The van der Waals surface area contributed by atoms with Crippen LogP contribution in [0.5, 0.6) is 0 Å². The van der Waals surface area contributed by atoms with E-state index in [4.69, 9.17) is 4.42 Å². The van der Waals surface area contributed by atoms with Crippen LogP contribution in [0, 0.1) is 132 Å². The quantitative estimate of drug-likeness (QED) is 0.350. The van der Waals surface area contributed by atoms with E-state index >= 15 is 0 Å². The van der Waals surface area contributed by atoms with Crippen LogP contribution >= 0.6 is 0 Å². The zero-order valence-electron chi connectivity index (χ0n) is 10.2. The summed E-state index contributed by atoms with van der Waals surface area (Å²) in [6, 6.07) is 3.07. The van der Waals surface area contributed by atoms with Gasteiger partial charge in [-0.25, -0.2) is 0 Å². The van der Waals surface area contributed by atoms with E-state index in [0.717, 1.165) is 0 Å². The molecule has 1 fully saturated rings. The van der Waals surface area contributed by atoms with Crippen molar-refractivity contribution in [1.82, 2.24) is 4.90 Å². The van der Waals surface area contributed by atoms with E-state index in [1.807, 2.05) is 0 Å². The Kier molecular flexibility index (Phi) is 14.6. The molecule has 3 radical (unpaired) electrons. The summed E-state index contributed by atoms with van der Waals surface area (Å²) >= 11 is 0. The van der Waals surface area contributed by atoms with Crippen molar-refractivity contribution in [2.45, 2.75) is 24.4 Å². The Morgan fingerprint density at radius 1 is 1.17 bits per heavy atom. The molecule has 4 atom stereocenters. The maximum Gasteiger partial charge on any atom is 0.123 e. The molecule has 1 aromatic rings. The second-order valence-electron chi connectivity index (χ2n) is 3.95. The molecule has 0 spiro atoms. The summed E-state index contributed by atoms with van der Waals surface area (Å²) in [5.41, 5.74) is 0. The van der Waals surface area contributed by atoms with Gasteiger partial charge in [-0.05, 0) is 19.2 Å². The van der Waals surface area contributed by atoms with Gasteiger partial charge < -0.3 is 19.7 Å². The summed E-state index contributed by atoms with van der Waals surface area (Å²) in [6.45, 7) is 0.309. The molecule has 2 heterocycles. The number of aliphatic hydroxyl groups excluding tert-OH is 3. The minimum absolute atomic E-state index is 0. The van der Waals surface area contributed by atoms with Crippen LogP contribution in [-0.4, -0.2) is 52.1 Å². The number of β-amino-alcohol motifs (C(OH)–C–C–N with tert-alkyl or cyclic N) is 1. The number of hydrogen-bond acceptors (Lipinski definition) is 5. The maximum absolute atomic E-state index is 9.84. The normalized spacial score (nSPS) is 31.8. The molecule has 2 rings (SSSR count). The summed E-state index contributed by atoms with van der Waals surface area (Å²) in [5, 5.41) is 28.9. The summed E-state index contributed by atoms with van der Waals surface area (Å²) in [6.07, 6.45) is -1.56. The van der Waals surface area contributed by atoms with E-state index in [-0.39, 0.29) is 132 Å². The number of furan rings is 1. The summed E-state index contributed by atoms with van der Waals surface area (Å²) in [7, 11) is 1.77.